The Labute approximate surface area is 175 Å². The number of carbonyl (C=O) groups is 1. The standard InChI is InChI=1S/C23H23N5O2/c29-20-6-2-1-5-17(20)16-13-19-18(21(30)14-16)15-25-23(26-19)28-11-9-27(10-12-28)22-7-3-4-8-24-22/h1-8,15-16,29H,9-14H2/t16-/m0/s1. The number of pyridine rings is 1. The van der Waals surface area contributed by atoms with Crippen LogP contribution < -0.4 is 9.80 Å². The number of phenols is 1. The first-order valence-corrected chi connectivity index (χ1v) is 10.3. The number of hydrogen-bond donors (Lipinski definition) is 1. The molecule has 3 aromatic rings. The van der Waals surface area contributed by atoms with E-state index in [0.29, 0.717) is 24.4 Å². The molecule has 0 bridgehead atoms. The molecule has 152 valence electrons. The highest BCUT2D eigenvalue weighted by Crippen LogP contribution is 2.36. The lowest BCUT2D eigenvalue weighted by molar-refractivity contribution is 0.0962. The summed E-state index contributed by atoms with van der Waals surface area (Å²) in [7, 11) is 0. The van der Waals surface area contributed by atoms with Gasteiger partial charge in [0.25, 0.3) is 0 Å². The zero-order valence-electron chi connectivity index (χ0n) is 16.6. The molecule has 1 aliphatic carbocycles. The van der Waals surface area contributed by atoms with Gasteiger partial charge in [-0.15, -0.1) is 0 Å². The second kappa shape index (κ2) is 7.74. The van der Waals surface area contributed by atoms with Crippen molar-refractivity contribution in [3.05, 3.63) is 71.7 Å². The van der Waals surface area contributed by atoms with Crippen LogP contribution in [-0.2, 0) is 6.42 Å². The molecule has 7 heteroatoms. The van der Waals surface area contributed by atoms with Crippen molar-refractivity contribution in [1.82, 2.24) is 15.0 Å². The van der Waals surface area contributed by atoms with Crippen LogP contribution in [0.2, 0.25) is 0 Å². The molecule has 1 saturated heterocycles. The average molecular weight is 401 g/mol. The molecule has 2 aromatic heterocycles. The molecule has 1 fully saturated rings. The van der Waals surface area contributed by atoms with Crippen LogP contribution in [0.3, 0.4) is 0 Å². The normalized spacial score (nSPS) is 18.9. The molecule has 0 saturated carbocycles. The van der Waals surface area contributed by atoms with Crippen LogP contribution >= 0.6 is 0 Å². The van der Waals surface area contributed by atoms with E-state index in [0.717, 1.165) is 43.3 Å². The Hall–Kier alpha value is -3.48. The largest absolute Gasteiger partial charge is 0.508 e. The Kier molecular flexibility index (Phi) is 4.78. The van der Waals surface area contributed by atoms with Crippen LogP contribution in [0.5, 0.6) is 5.75 Å². The van der Waals surface area contributed by atoms with E-state index < -0.39 is 0 Å². The SMILES string of the molecule is O=C1C[C@@H](c2ccccc2O)Cc2nc(N3CCN(c4ccccn4)CC3)ncc21. The smallest absolute Gasteiger partial charge is 0.225 e. The number of Topliss-reactive ketones (excluding diaryl/α,β-unsaturated/α-hetero) is 1. The van der Waals surface area contributed by atoms with Gasteiger partial charge in [-0.05, 0) is 30.2 Å². The highest BCUT2D eigenvalue weighted by atomic mass is 16.3. The Morgan fingerprint density at radius 2 is 1.67 bits per heavy atom. The maximum absolute atomic E-state index is 12.7. The summed E-state index contributed by atoms with van der Waals surface area (Å²) < 4.78 is 0. The van der Waals surface area contributed by atoms with Gasteiger partial charge in [-0.25, -0.2) is 15.0 Å². The minimum atomic E-state index is -0.0602. The molecule has 2 aliphatic rings. The quantitative estimate of drug-likeness (QED) is 0.723. The molecule has 7 nitrogen and oxygen atoms in total. The number of carbonyl (C=O) groups excluding carboxylic acids is 1. The van der Waals surface area contributed by atoms with Gasteiger partial charge in [0.05, 0.1) is 11.3 Å². The molecule has 0 spiro atoms. The number of fused-ring (bicyclic) bond motifs is 1. The third kappa shape index (κ3) is 3.47. The van der Waals surface area contributed by atoms with Gasteiger partial charge in [-0.1, -0.05) is 24.3 Å². The molecule has 1 atom stereocenters. The van der Waals surface area contributed by atoms with E-state index in [1.54, 1.807) is 18.3 Å². The lowest BCUT2D eigenvalue weighted by atomic mass is 9.82. The van der Waals surface area contributed by atoms with E-state index in [-0.39, 0.29) is 17.5 Å². The van der Waals surface area contributed by atoms with Crippen molar-refractivity contribution in [2.75, 3.05) is 36.0 Å². The van der Waals surface area contributed by atoms with Crippen LogP contribution in [0.1, 0.15) is 34.0 Å². The first-order chi connectivity index (χ1) is 14.7. The summed E-state index contributed by atoms with van der Waals surface area (Å²) >= 11 is 0. The van der Waals surface area contributed by atoms with Gasteiger partial charge in [0.15, 0.2) is 5.78 Å². The molecule has 1 aromatic carbocycles. The molecule has 0 unspecified atom stereocenters. The van der Waals surface area contributed by atoms with Gasteiger partial charge in [-0.3, -0.25) is 4.79 Å². The predicted molar refractivity (Wildman–Crippen MR) is 114 cm³/mol. The maximum atomic E-state index is 12.7. The number of para-hydroxylation sites is 1. The highest BCUT2D eigenvalue weighted by molar-refractivity contribution is 5.98. The number of hydrogen-bond acceptors (Lipinski definition) is 7. The van der Waals surface area contributed by atoms with Crippen molar-refractivity contribution in [1.29, 1.82) is 0 Å². The number of ketones is 1. The lowest BCUT2D eigenvalue weighted by Gasteiger charge is -2.35. The topological polar surface area (TPSA) is 82.5 Å². The van der Waals surface area contributed by atoms with Gasteiger partial charge >= 0.3 is 0 Å². The maximum Gasteiger partial charge on any atom is 0.225 e. The molecular formula is C23H23N5O2. The van der Waals surface area contributed by atoms with Crippen LogP contribution in [0, 0.1) is 0 Å². The number of aromatic hydroxyl groups is 1. The Morgan fingerprint density at radius 3 is 2.43 bits per heavy atom. The van der Waals surface area contributed by atoms with Crippen LogP contribution in [0.25, 0.3) is 0 Å². The molecule has 0 amide bonds. The van der Waals surface area contributed by atoms with Gasteiger partial charge < -0.3 is 14.9 Å². The van der Waals surface area contributed by atoms with Crippen molar-refractivity contribution < 1.29 is 9.90 Å². The number of rotatable bonds is 3. The van der Waals surface area contributed by atoms with Crippen molar-refractivity contribution in [3.8, 4) is 5.75 Å². The summed E-state index contributed by atoms with van der Waals surface area (Å²) in [6, 6.07) is 13.2. The minimum Gasteiger partial charge on any atom is -0.508 e. The Bertz CT molecular complexity index is 1060. The number of anilines is 2. The number of piperazine rings is 1. The summed E-state index contributed by atoms with van der Waals surface area (Å²) in [6.07, 6.45) is 4.48. The zero-order valence-corrected chi connectivity index (χ0v) is 16.6. The van der Waals surface area contributed by atoms with Gasteiger partial charge in [-0.2, -0.15) is 0 Å². The van der Waals surface area contributed by atoms with E-state index in [1.165, 1.54) is 0 Å². The summed E-state index contributed by atoms with van der Waals surface area (Å²) in [5.74, 6) is 1.87. The highest BCUT2D eigenvalue weighted by Gasteiger charge is 2.30. The molecule has 5 rings (SSSR count). The van der Waals surface area contributed by atoms with E-state index in [4.69, 9.17) is 4.98 Å². The van der Waals surface area contributed by atoms with Gasteiger partial charge in [0.1, 0.15) is 11.6 Å². The number of aromatic nitrogens is 3. The summed E-state index contributed by atoms with van der Waals surface area (Å²) in [6.45, 7) is 3.28. The van der Waals surface area contributed by atoms with Gasteiger partial charge in [0, 0.05) is 50.9 Å². The minimum absolute atomic E-state index is 0.0380. The van der Waals surface area contributed by atoms with Crippen molar-refractivity contribution in [3.63, 3.8) is 0 Å². The fraction of sp³-hybridized carbons (Fsp3) is 0.304. The number of benzene rings is 1. The van der Waals surface area contributed by atoms with Crippen molar-refractivity contribution >= 4 is 17.5 Å². The Balaban J connectivity index is 1.34. The molecular weight excluding hydrogens is 378 g/mol. The Morgan fingerprint density at radius 1 is 0.900 bits per heavy atom. The first-order valence-electron chi connectivity index (χ1n) is 10.3. The van der Waals surface area contributed by atoms with Crippen LogP contribution in [-0.4, -0.2) is 52.0 Å². The van der Waals surface area contributed by atoms with Crippen LogP contribution in [0.15, 0.2) is 54.9 Å². The fourth-order valence-corrected chi connectivity index (χ4v) is 4.32. The van der Waals surface area contributed by atoms with Crippen molar-refractivity contribution in [2.24, 2.45) is 0 Å². The zero-order chi connectivity index (χ0) is 20.5. The summed E-state index contributed by atoms with van der Waals surface area (Å²) in [5, 5.41) is 10.2. The van der Waals surface area contributed by atoms with Gasteiger partial charge in [0.2, 0.25) is 5.95 Å². The van der Waals surface area contributed by atoms with E-state index >= 15 is 0 Å². The number of nitrogens with zero attached hydrogens (tertiary/aromatic N) is 5. The monoisotopic (exact) mass is 401 g/mol. The fourth-order valence-electron chi connectivity index (χ4n) is 4.32. The molecule has 1 aliphatic heterocycles. The third-order valence-corrected chi connectivity index (χ3v) is 5.94. The third-order valence-electron chi connectivity index (χ3n) is 5.94. The summed E-state index contributed by atoms with van der Waals surface area (Å²) in [4.78, 5) is 30.8. The predicted octanol–water partition coefficient (Wildman–Crippen LogP) is 2.82. The summed E-state index contributed by atoms with van der Waals surface area (Å²) in [5.41, 5.74) is 2.19. The number of phenolic OH excluding ortho intramolecular Hbond substituents is 1. The molecule has 3 heterocycles. The second-order valence-corrected chi connectivity index (χ2v) is 7.78. The van der Waals surface area contributed by atoms with E-state index in [9.17, 15) is 9.90 Å². The van der Waals surface area contributed by atoms with E-state index in [2.05, 4.69) is 19.8 Å². The molecule has 1 N–H and O–H groups in total. The molecule has 0 radical (unpaired) electrons. The van der Waals surface area contributed by atoms with Crippen LogP contribution in [0.4, 0.5) is 11.8 Å². The second-order valence-electron chi connectivity index (χ2n) is 7.78. The van der Waals surface area contributed by atoms with E-state index in [1.807, 2.05) is 36.5 Å². The first kappa shape index (κ1) is 18.5. The van der Waals surface area contributed by atoms with Crippen molar-refractivity contribution in [2.45, 2.75) is 18.8 Å². The molecule has 30 heavy (non-hydrogen) atoms. The average Bonchev–Trinajstić information content (AvgIpc) is 2.80. The lowest BCUT2D eigenvalue weighted by Crippen LogP contribution is -2.47.